The maximum Gasteiger partial charge on any atom is 0.255 e. The lowest BCUT2D eigenvalue weighted by Crippen LogP contribution is -2.39. The molecule has 1 rings (SSSR count). The summed E-state index contributed by atoms with van der Waals surface area (Å²) in [5, 5.41) is 0.258. The van der Waals surface area contributed by atoms with Crippen molar-refractivity contribution in [3.8, 4) is 5.88 Å². The number of aromatic nitrogens is 1. The average molecular weight is 328 g/mol. The van der Waals surface area contributed by atoms with Crippen molar-refractivity contribution in [2.75, 3.05) is 13.1 Å². The van der Waals surface area contributed by atoms with Crippen LogP contribution in [0, 0.1) is 0 Å². The molecule has 0 atom stereocenters. The summed E-state index contributed by atoms with van der Waals surface area (Å²) in [4.78, 5) is 29.0. The highest BCUT2D eigenvalue weighted by Crippen LogP contribution is 2.24. The van der Waals surface area contributed by atoms with E-state index >= 15 is 0 Å². The maximum atomic E-state index is 12.5. The molecule has 0 saturated heterocycles. The molecule has 2 amide bonds. The van der Waals surface area contributed by atoms with E-state index in [1.807, 2.05) is 20.8 Å². The van der Waals surface area contributed by atoms with Crippen LogP contribution >= 0.6 is 11.6 Å². The van der Waals surface area contributed by atoms with E-state index in [0.717, 1.165) is 12.8 Å². The van der Waals surface area contributed by atoms with Gasteiger partial charge in [0.15, 0.2) is 0 Å². The van der Waals surface area contributed by atoms with Gasteiger partial charge in [-0.15, -0.1) is 0 Å². The largest absolute Gasteiger partial charge is 0.474 e. The van der Waals surface area contributed by atoms with Crippen molar-refractivity contribution >= 4 is 23.4 Å². The molecule has 0 bridgehead atoms. The summed E-state index contributed by atoms with van der Waals surface area (Å²) >= 11 is 6.08. The van der Waals surface area contributed by atoms with Crippen LogP contribution in [-0.4, -0.2) is 40.9 Å². The zero-order chi connectivity index (χ0) is 16.7. The number of rotatable bonds is 8. The van der Waals surface area contributed by atoms with Gasteiger partial charge in [0, 0.05) is 12.7 Å². The van der Waals surface area contributed by atoms with Crippen molar-refractivity contribution in [1.82, 2.24) is 9.88 Å². The lowest BCUT2D eigenvalue weighted by Gasteiger charge is -2.21. The topological polar surface area (TPSA) is 85.5 Å². The number of hydrogen-bond acceptors (Lipinski definition) is 4. The molecule has 0 radical (unpaired) electrons. The summed E-state index contributed by atoms with van der Waals surface area (Å²) in [6, 6.07) is 1.49. The third-order valence-electron chi connectivity index (χ3n) is 2.82. The van der Waals surface area contributed by atoms with Gasteiger partial charge in [-0.3, -0.25) is 9.59 Å². The Morgan fingerprint density at radius 1 is 1.45 bits per heavy atom. The van der Waals surface area contributed by atoms with Gasteiger partial charge in [0.05, 0.1) is 18.2 Å². The fraction of sp³-hybridized carbons (Fsp3) is 0.533. The third-order valence-corrected chi connectivity index (χ3v) is 3.09. The highest BCUT2D eigenvalue weighted by Gasteiger charge is 2.19. The molecule has 1 aromatic heterocycles. The Morgan fingerprint density at radius 2 is 2.14 bits per heavy atom. The van der Waals surface area contributed by atoms with Crippen LogP contribution in [-0.2, 0) is 4.79 Å². The molecule has 0 spiro atoms. The van der Waals surface area contributed by atoms with Crippen LogP contribution in [0.1, 0.15) is 44.0 Å². The minimum atomic E-state index is -0.553. The summed E-state index contributed by atoms with van der Waals surface area (Å²) in [7, 11) is 0. The third kappa shape index (κ3) is 5.52. The van der Waals surface area contributed by atoms with Crippen molar-refractivity contribution in [3.63, 3.8) is 0 Å². The van der Waals surface area contributed by atoms with Gasteiger partial charge in [-0.05, 0) is 26.3 Å². The Bertz CT molecular complexity index is 535. The monoisotopic (exact) mass is 327 g/mol. The van der Waals surface area contributed by atoms with E-state index in [0.29, 0.717) is 12.1 Å². The van der Waals surface area contributed by atoms with E-state index in [4.69, 9.17) is 22.1 Å². The van der Waals surface area contributed by atoms with Crippen LogP contribution in [0.4, 0.5) is 0 Å². The zero-order valence-corrected chi connectivity index (χ0v) is 13.9. The molecule has 0 unspecified atom stereocenters. The zero-order valence-electron chi connectivity index (χ0n) is 13.1. The summed E-state index contributed by atoms with van der Waals surface area (Å²) < 4.78 is 5.43. The van der Waals surface area contributed by atoms with Crippen molar-refractivity contribution in [2.24, 2.45) is 5.73 Å². The number of primary amides is 1. The number of carbonyl (C=O) groups is 2. The molecule has 122 valence electrons. The molecule has 7 heteroatoms. The Kier molecular flexibility index (Phi) is 7.11. The van der Waals surface area contributed by atoms with Crippen molar-refractivity contribution in [1.29, 1.82) is 0 Å². The SMILES string of the molecule is CCCCN(CC(N)=O)C(=O)c1cnc(OC(C)C)c(Cl)c1. The number of halogens is 1. The molecule has 0 aliphatic heterocycles. The van der Waals surface area contributed by atoms with Crippen LogP contribution in [0.25, 0.3) is 0 Å². The smallest absolute Gasteiger partial charge is 0.255 e. The molecule has 0 aromatic carbocycles. The first-order valence-electron chi connectivity index (χ1n) is 7.24. The number of ether oxygens (including phenoxy) is 1. The Morgan fingerprint density at radius 3 is 2.64 bits per heavy atom. The lowest BCUT2D eigenvalue weighted by molar-refractivity contribution is -0.118. The molecule has 2 N–H and O–H groups in total. The van der Waals surface area contributed by atoms with E-state index in [-0.39, 0.29) is 29.5 Å². The molecule has 0 fully saturated rings. The van der Waals surface area contributed by atoms with Gasteiger partial charge >= 0.3 is 0 Å². The molecule has 1 aromatic rings. The van der Waals surface area contributed by atoms with Gasteiger partial charge in [0.25, 0.3) is 5.91 Å². The molecule has 22 heavy (non-hydrogen) atoms. The second-order valence-electron chi connectivity index (χ2n) is 5.22. The predicted molar refractivity (Wildman–Crippen MR) is 85.0 cm³/mol. The number of pyridine rings is 1. The van der Waals surface area contributed by atoms with Gasteiger partial charge in [0.1, 0.15) is 5.02 Å². The average Bonchev–Trinajstić information content (AvgIpc) is 2.44. The number of amides is 2. The summed E-state index contributed by atoms with van der Waals surface area (Å²) in [6.45, 7) is 6.05. The highest BCUT2D eigenvalue weighted by molar-refractivity contribution is 6.32. The number of nitrogens with two attached hydrogens (primary N) is 1. The number of unbranched alkanes of at least 4 members (excludes halogenated alkanes) is 1. The first-order chi connectivity index (χ1) is 10.3. The van der Waals surface area contributed by atoms with Gasteiger partial charge in [-0.25, -0.2) is 4.98 Å². The Hall–Kier alpha value is -1.82. The van der Waals surface area contributed by atoms with E-state index in [2.05, 4.69) is 4.98 Å². The van der Waals surface area contributed by atoms with Crippen molar-refractivity contribution in [2.45, 2.75) is 39.7 Å². The van der Waals surface area contributed by atoms with Gasteiger partial charge in [-0.1, -0.05) is 24.9 Å². The van der Waals surface area contributed by atoms with E-state index in [1.54, 1.807) is 0 Å². The minimum absolute atomic E-state index is 0.0672. The standard InChI is InChI=1S/C15H22ClN3O3/c1-4-5-6-19(9-13(17)20)15(21)11-7-12(16)14(18-8-11)22-10(2)3/h7-8,10H,4-6,9H2,1-3H3,(H2,17,20). The molecule has 0 aliphatic carbocycles. The quantitative estimate of drug-likeness (QED) is 0.793. The Balaban J connectivity index is 2.93. The highest BCUT2D eigenvalue weighted by atomic mass is 35.5. The number of hydrogen-bond donors (Lipinski definition) is 1. The van der Waals surface area contributed by atoms with Gasteiger partial charge < -0.3 is 15.4 Å². The van der Waals surface area contributed by atoms with Crippen LogP contribution in [0.5, 0.6) is 5.88 Å². The first kappa shape index (κ1) is 18.2. The Labute approximate surface area is 135 Å². The van der Waals surface area contributed by atoms with Crippen LogP contribution < -0.4 is 10.5 Å². The van der Waals surface area contributed by atoms with Crippen molar-refractivity contribution in [3.05, 3.63) is 22.8 Å². The summed E-state index contributed by atoms with van der Waals surface area (Å²) in [5.74, 6) is -0.593. The minimum Gasteiger partial charge on any atom is -0.474 e. The van der Waals surface area contributed by atoms with Crippen LogP contribution in [0.3, 0.4) is 0 Å². The second-order valence-corrected chi connectivity index (χ2v) is 5.63. The number of carbonyl (C=O) groups excluding carboxylic acids is 2. The van der Waals surface area contributed by atoms with Crippen LogP contribution in [0.2, 0.25) is 5.02 Å². The second kappa shape index (κ2) is 8.58. The van der Waals surface area contributed by atoms with Gasteiger partial charge in [0.2, 0.25) is 11.8 Å². The fourth-order valence-electron chi connectivity index (χ4n) is 1.82. The summed E-state index contributed by atoms with van der Waals surface area (Å²) in [6.07, 6.45) is 3.02. The normalized spacial score (nSPS) is 10.6. The predicted octanol–water partition coefficient (Wildman–Crippen LogP) is 2.25. The molecule has 0 aliphatic rings. The lowest BCUT2D eigenvalue weighted by atomic mass is 10.2. The van der Waals surface area contributed by atoms with E-state index < -0.39 is 5.91 Å². The maximum absolute atomic E-state index is 12.5. The molecule has 1 heterocycles. The molecular formula is C15H22ClN3O3. The van der Waals surface area contributed by atoms with E-state index in [9.17, 15) is 9.59 Å². The van der Waals surface area contributed by atoms with Crippen LogP contribution in [0.15, 0.2) is 12.3 Å². The van der Waals surface area contributed by atoms with Gasteiger partial charge in [-0.2, -0.15) is 0 Å². The molecular weight excluding hydrogens is 306 g/mol. The number of nitrogens with zero attached hydrogens (tertiary/aromatic N) is 2. The molecule has 0 saturated carbocycles. The van der Waals surface area contributed by atoms with E-state index in [1.165, 1.54) is 17.2 Å². The molecule has 6 nitrogen and oxygen atoms in total. The summed E-state index contributed by atoms with van der Waals surface area (Å²) in [5.41, 5.74) is 5.50. The fourth-order valence-corrected chi connectivity index (χ4v) is 2.04. The first-order valence-corrected chi connectivity index (χ1v) is 7.62. The van der Waals surface area contributed by atoms with Crippen molar-refractivity contribution < 1.29 is 14.3 Å².